The SMILES string of the molecule is N[C@@H](CC(CO)C(=O)O)C(=O)O. The van der Waals surface area contributed by atoms with E-state index in [-0.39, 0.29) is 6.42 Å². The minimum atomic E-state index is -1.27. The molecule has 0 amide bonds. The molecule has 2 atom stereocenters. The molecule has 0 aliphatic rings. The standard InChI is InChI=1S/C6H11NO5/c7-4(6(11)12)1-3(2-8)5(9)10/h3-4,8H,1-2,7H2,(H,9,10)(H,11,12)/t3?,4-/m0/s1. The van der Waals surface area contributed by atoms with Crippen LogP contribution in [0.3, 0.4) is 0 Å². The predicted molar refractivity (Wildman–Crippen MR) is 38.4 cm³/mol. The van der Waals surface area contributed by atoms with Crippen molar-refractivity contribution < 1.29 is 24.9 Å². The lowest BCUT2D eigenvalue weighted by Crippen LogP contribution is -2.35. The maximum absolute atomic E-state index is 10.3. The minimum Gasteiger partial charge on any atom is -0.481 e. The highest BCUT2D eigenvalue weighted by atomic mass is 16.4. The first-order chi connectivity index (χ1) is 5.49. The highest BCUT2D eigenvalue weighted by Crippen LogP contribution is 2.04. The molecule has 0 radical (unpaired) electrons. The van der Waals surface area contributed by atoms with Gasteiger partial charge in [-0.3, -0.25) is 9.59 Å². The van der Waals surface area contributed by atoms with Crippen LogP contribution in [0.5, 0.6) is 0 Å². The Morgan fingerprint density at radius 2 is 1.75 bits per heavy atom. The van der Waals surface area contributed by atoms with Gasteiger partial charge < -0.3 is 21.1 Å². The van der Waals surface area contributed by atoms with E-state index < -0.39 is 30.5 Å². The molecule has 0 fully saturated rings. The third-order valence-electron chi connectivity index (χ3n) is 1.43. The second-order valence-electron chi connectivity index (χ2n) is 2.40. The lowest BCUT2D eigenvalue weighted by atomic mass is 10.0. The van der Waals surface area contributed by atoms with Gasteiger partial charge in [-0.05, 0) is 6.42 Å². The van der Waals surface area contributed by atoms with Crippen LogP contribution in [-0.2, 0) is 9.59 Å². The molecular weight excluding hydrogens is 166 g/mol. The van der Waals surface area contributed by atoms with Crippen molar-refractivity contribution >= 4 is 11.9 Å². The molecule has 6 nitrogen and oxygen atoms in total. The summed E-state index contributed by atoms with van der Waals surface area (Å²) in [6, 6.07) is -1.24. The molecule has 5 N–H and O–H groups in total. The molecule has 12 heavy (non-hydrogen) atoms. The Kier molecular flexibility index (Phi) is 4.24. The van der Waals surface area contributed by atoms with Crippen molar-refractivity contribution in [3.8, 4) is 0 Å². The second-order valence-corrected chi connectivity index (χ2v) is 2.40. The van der Waals surface area contributed by atoms with Gasteiger partial charge in [0.05, 0.1) is 12.5 Å². The van der Waals surface area contributed by atoms with Crippen molar-refractivity contribution in [2.45, 2.75) is 12.5 Å². The van der Waals surface area contributed by atoms with Gasteiger partial charge in [-0.2, -0.15) is 0 Å². The van der Waals surface area contributed by atoms with Crippen LogP contribution in [0.1, 0.15) is 6.42 Å². The summed E-state index contributed by atoms with van der Waals surface area (Å²) in [6.07, 6.45) is -0.263. The Bertz CT molecular complexity index is 181. The van der Waals surface area contributed by atoms with Crippen LogP contribution in [0.25, 0.3) is 0 Å². The molecule has 0 aromatic rings. The number of nitrogens with two attached hydrogens (primary N) is 1. The van der Waals surface area contributed by atoms with Crippen molar-refractivity contribution in [3.63, 3.8) is 0 Å². The van der Waals surface area contributed by atoms with E-state index in [4.69, 9.17) is 21.1 Å². The molecule has 0 bridgehead atoms. The van der Waals surface area contributed by atoms with Gasteiger partial charge in [-0.15, -0.1) is 0 Å². The summed E-state index contributed by atoms with van der Waals surface area (Å²) in [7, 11) is 0. The molecule has 0 spiro atoms. The molecule has 0 saturated carbocycles. The van der Waals surface area contributed by atoms with E-state index in [2.05, 4.69) is 0 Å². The van der Waals surface area contributed by atoms with E-state index in [1.54, 1.807) is 0 Å². The molecule has 1 unspecified atom stereocenters. The summed E-state index contributed by atoms with van der Waals surface area (Å²) in [5.74, 6) is -3.61. The zero-order valence-corrected chi connectivity index (χ0v) is 6.30. The van der Waals surface area contributed by atoms with Crippen LogP contribution in [0.4, 0.5) is 0 Å². The molecule has 0 aliphatic carbocycles. The third-order valence-corrected chi connectivity index (χ3v) is 1.43. The van der Waals surface area contributed by atoms with Crippen molar-refractivity contribution in [2.24, 2.45) is 11.7 Å². The molecule has 6 heteroatoms. The lowest BCUT2D eigenvalue weighted by Gasteiger charge is -2.11. The topological polar surface area (TPSA) is 121 Å². The largest absolute Gasteiger partial charge is 0.481 e. The molecule has 0 heterocycles. The Balaban J connectivity index is 4.02. The Morgan fingerprint density at radius 1 is 1.25 bits per heavy atom. The van der Waals surface area contributed by atoms with Gasteiger partial charge in [0.15, 0.2) is 0 Å². The fourth-order valence-corrected chi connectivity index (χ4v) is 0.661. The van der Waals surface area contributed by atoms with Crippen LogP contribution < -0.4 is 5.73 Å². The average molecular weight is 177 g/mol. The Hall–Kier alpha value is -1.14. The summed E-state index contributed by atoms with van der Waals surface area (Å²) >= 11 is 0. The van der Waals surface area contributed by atoms with Gasteiger partial charge in [-0.25, -0.2) is 0 Å². The minimum absolute atomic E-state index is 0.263. The van der Waals surface area contributed by atoms with Crippen LogP contribution in [0, 0.1) is 5.92 Å². The highest BCUT2D eigenvalue weighted by Gasteiger charge is 2.23. The van der Waals surface area contributed by atoms with Gasteiger partial charge >= 0.3 is 11.9 Å². The monoisotopic (exact) mass is 177 g/mol. The van der Waals surface area contributed by atoms with E-state index in [1.165, 1.54) is 0 Å². The quantitative estimate of drug-likeness (QED) is 0.404. The number of aliphatic hydroxyl groups excluding tert-OH is 1. The fraction of sp³-hybridized carbons (Fsp3) is 0.667. The number of carboxylic acid groups (broad SMARTS) is 2. The predicted octanol–water partition coefficient (Wildman–Crippen LogP) is -1.52. The van der Waals surface area contributed by atoms with Crippen molar-refractivity contribution in [1.29, 1.82) is 0 Å². The summed E-state index contributed by atoms with van der Waals surface area (Å²) in [5.41, 5.74) is 5.06. The van der Waals surface area contributed by atoms with E-state index >= 15 is 0 Å². The van der Waals surface area contributed by atoms with Gasteiger partial charge in [0.1, 0.15) is 6.04 Å². The Labute approximate surface area is 68.6 Å². The highest BCUT2D eigenvalue weighted by molar-refractivity contribution is 5.75. The first kappa shape index (κ1) is 10.9. The third kappa shape index (κ3) is 3.31. The molecule has 0 saturated heterocycles. The van der Waals surface area contributed by atoms with Crippen LogP contribution in [0.15, 0.2) is 0 Å². The van der Waals surface area contributed by atoms with Crippen LogP contribution in [0.2, 0.25) is 0 Å². The molecular formula is C6H11NO5. The van der Waals surface area contributed by atoms with Gasteiger partial charge in [-0.1, -0.05) is 0 Å². The van der Waals surface area contributed by atoms with Crippen LogP contribution >= 0.6 is 0 Å². The zero-order chi connectivity index (χ0) is 9.72. The fourth-order valence-electron chi connectivity index (χ4n) is 0.661. The number of rotatable bonds is 5. The van der Waals surface area contributed by atoms with Gasteiger partial charge in [0.25, 0.3) is 0 Å². The van der Waals surface area contributed by atoms with Crippen molar-refractivity contribution in [2.75, 3.05) is 6.61 Å². The molecule has 70 valence electrons. The molecule has 0 aromatic carbocycles. The van der Waals surface area contributed by atoms with E-state index in [0.717, 1.165) is 0 Å². The zero-order valence-electron chi connectivity index (χ0n) is 6.30. The number of hydrogen-bond donors (Lipinski definition) is 4. The van der Waals surface area contributed by atoms with Crippen molar-refractivity contribution in [1.82, 2.24) is 0 Å². The average Bonchev–Trinajstić information content (AvgIpc) is 1.98. The molecule has 0 aliphatic heterocycles. The smallest absolute Gasteiger partial charge is 0.320 e. The summed E-state index contributed by atoms with van der Waals surface area (Å²) < 4.78 is 0. The second kappa shape index (κ2) is 4.68. The van der Waals surface area contributed by atoms with E-state index in [1.807, 2.05) is 0 Å². The number of hydrogen-bond acceptors (Lipinski definition) is 4. The maximum Gasteiger partial charge on any atom is 0.320 e. The maximum atomic E-state index is 10.3. The summed E-state index contributed by atoms with van der Waals surface area (Å²) in [6.45, 7) is -0.601. The number of aliphatic hydroxyl groups is 1. The van der Waals surface area contributed by atoms with Gasteiger partial charge in [0, 0.05) is 0 Å². The van der Waals surface area contributed by atoms with E-state index in [9.17, 15) is 9.59 Å². The first-order valence-electron chi connectivity index (χ1n) is 3.31. The van der Waals surface area contributed by atoms with E-state index in [0.29, 0.717) is 0 Å². The Morgan fingerprint density at radius 3 is 2.00 bits per heavy atom. The van der Waals surface area contributed by atoms with Crippen LogP contribution in [-0.4, -0.2) is 39.9 Å². The molecule has 0 rings (SSSR count). The summed E-state index contributed by atoms with van der Waals surface area (Å²) in [4.78, 5) is 20.5. The lowest BCUT2D eigenvalue weighted by molar-refractivity contribution is -0.144. The van der Waals surface area contributed by atoms with Gasteiger partial charge in [0.2, 0.25) is 0 Å². The van der Waals surface area contributed by atoms with Crippen molar-refractivity contribution in [3.05, 3.63) is 0 Å². The molecule has 0 aromatic heterocycles. The summed E-state index contributed by atoms with van der Waals surface area (Å²) in [5, 5.41) is 25.2. The number of carbonyl (C=O) groups is 2. The first-order valence-corrected chi connectivity index (χ1v) is 3.31. The number of carboxylic acids is 2. The number of aliphatic carboxylic acids is 2. The normalized spacial score (nSPS) is 15.2.